The Labute approximate surface area is 152 Å². The molecule has 8 heteroatoms. The second-order valence-electron chi connectivity index (χ2n) is 6.92. The van der Waals surface area contributed by atoms with Crippen molar-refractivity contribution in [2.24, 2.45) is 11.8 Å². The summed E-state index contributed by atoms with van der Waals surface area (Å²) in [6.45, 7) is 0.0578. The van der Waals surface area contributed by atoms with Crippen molar-refractivity contribution in [2.45, 2.75) is 37.0 Å². The quantitative estimate of drug-likeness (QED) is 0.784. The lowest BCUT2D eigenvalue weighted by atomic mass is 9.81. The molecule has 0 unspecified atom stereocenters. The van der Waals surface area contributed by atoms with E-state index in [9.17, 15) is 22.8 Å². The monoisotopic (exact) mass is 378 g/mol. The minimum absolute atomic E-state index is 0.0139. The molecule has 1 aliphatic heterocycles. The Balaban J connectivity index is 1.59. The number of amides is 3. The van der Waals surface area contributed by atoms with Gasteiger partial charge in [-0.05, 0) is 31.0 Å². The molecule has 7 nitrogen and oxygen atoms in total. The van der Waals surface area contributed by atoms with Crippen LogP contribution in [0.5, 0.6) is 0 Å². The molecule has 26 heavy (non-hydrogen) atoms. The molecule has 140 valence electrons. The number of sulfone groups is 1. The first-order valence-electron chi connectivity index (χ1n) is 8.72. The predicted molar refractivity (Wildman–Crippen MR) is 95.0 cm³/mol. The Kier molecular flexibility index (Phi) is 5.13. The van der Waals surface area contributed by atoms with E-state index in [1.807, 2.05) is 0 Å². The van der Waals surface area contributed by atoms with Gasteiger partial charge in [0, 0.05) is 24.9 Å². The van der Waals surface area contributed by atoms with Gasteiger partial charge in [-0.1, -0.05) is 18.9 Å². The smallest absolute Gasteiger partial charge is 0.233 e. The number of anilines is 1. The van der Waals surface area contributed by atoms with Gasteiger partial charge in [0.15, 0.2) is 9.84 Å². The van der Waals surface area contributed by atoms with E-state index >= 15 is 0 Å². The molecule has 2 atom stereocenters. The van der Waals surface area contributed by atoms with Crippen LogP contribution in [0.2, 0.25) is 0 Å². The summed E-state index contributed by atoms with van der Waals surface area (Å²) < 4.78 is 23.1. The number of likely N-dealkylation sites (tertiary alicyclic amines) is 1. The molecule has 0 bridgehead atoms. The van der Waals surface area contributed by atoms with Gasteiger partial charge in [-0.3, -0.25) is 19.3 Å². The largest absolute Gasteiger partial charge is 0.326 e. The molecule has 1 N–H and O–H groups in total. The molecule has 1 saturated heterocycles. The van der Waals surface area contributed by atoms with Crippen LogP contribution in [0, 0.1) is 11.8 Å². The molecule has 1 heterocycles. The van der Waals surface area contributed by atoms with E-state index in [1.165, 1.54) is 17.0 Å². The maximum atomic E-state index is 12.4. The average molecular weight is 378 g/mol. The van der Waals surface area contributed by atoms with Gasteiger partial charge in [0.05, 0.1) is 16.7 Å². The Morgan fingerprint density at radius 3 is 2.35 bits per heavy atom. The van der Waals surface area contributed by atoms with Crippen molar-refractivity contribution in [3.05, 3.63) is 24.3 Å². The molecule has 1 saturated carbocycles. The third-order valence-electron chi connectivity index (χ3n) is 5.04. The zero-order valence-corrected chi connectivity index (χ0v) is 15.4. The Bertz CT molecular complexity index is 825. The molecule has 0 aromatic heterocycles. The van der Waals surface area contributed by atoms with Crippen LogP contribution in [0.1, 0.15) is 32.1 Å². The van der Waals surface area contributed by atoms with Crippen LogP contribution in [0.3, 0.4) is 0 Å². The minimum Gasteiger partial charge on any atom is -0.326 e. The summed E-state index contributed by atoms with van der Waals surface area (Å²) in [5, 5.41) is 2.62. The topological polar surface area (TPSA) is 101 Å². The first-order chi connectivity index (χ1) is 12.3. The van der Waals surface area contributed by atoms with Crippen LogP contribution in [-0.4, -0.2) is 43.8 Å². The number of rotatable bonds is 5. The summed E-state index contributed by atoms with van der Waals surface area (Å²) in [7, 11) is -3.36. The normalized spacial score (nSPS) is 23.0. The summed E-state index contributed by atoms with van der Waals surface area (Å²) in [4.78, 5) is 38.2. The van der Waals surface area contributed by atoms with Crippen LogP contribution < -0.4 is 5.32 Å². The Morgan fingerprint density at radius 2 is 1.77 bits per heavy atom. The molecule has 0 radical (unpaired) electrons. The highest BCUT2D eigenvalue weighted by Gasteiger charge is 2.47. The molecule has 1 aromatic rings. The molecule has 2 fully saturated rings. The van der Waals surface area contributed by atoms with E-state index in [0.29, 0.717) is 5.69 Å². The van der Waals surface area contributed by atoms with E-state index in [-0.39, 0.29) is 47.4 Å². The molecule has 3 amide bonds. The van der Waals surface area contributed by atoms with Crippen molar-refractivity contribution in [2.75, 3.05) is 18.1 Å². The summed E-state index contributed by atoms with van der Waals surface area (Å²) in [6.07, 6.45) is 4.50. The third kappa shape index (κ3) is 3.80. The zero-order chi connectivity index (χ0) is 18.9. The van der Waals surface area contributed by atoms with Crippen LogP contribution in [0.4, 0.5) is 5.69 Å². The third-order valence-corrected chi connectivity index (χ3v) is 6.15. The zero-order valence-electron chi connectivity index (χ0n) is 14.6. The second kappa shape index (κ2) is 7.19. The second-order valence-corrected chi connectivity index (χ2v) is 8.94. The fraction of sp³-hybridized carbons (Fsp3) is 0.500. The molecular weight excluding hydrogens is 356 g/mol. The summed E-state index contributed by atoms with van der Waals surface area (Å²) in [5.41, 5.74) is 0.366. The van der Waals surface area contributed by atoms with E-state index in [2.05, 4.69) is 5.32 Å². The van der Waals surface area contributed by atoms with E-state index in [1.54, 1.807) is 12.1 Å². The van der Waals surface area contributed by atoms with E-state index in [4.69, 9.17) is 0 Å². The molecule has 2 aliphatic rings. The predicted octanol–water partition coefficient (Wildman–Crippen LogP) is 1.59. The number of imide groups is 1. The fourth-order valence-corrected chi connectivity index (χ4v) is 4.36. The standard InChI is InChI=1S/C18H22N2O5S/c1-26(24,25)13-6-4-5-12(11-13)19-16(21)9-10-20-17(22)14-7-2-3-8-15(14)18(20)23/h4-6,11,14-15H,2-3,7-10H2,1H3,(H,19,21)/t14-,15-/m1/s1. The van der Waals surface area contributed by atoms with Crippen molar-refractivity contribution < 1.29 is 22.8 Å². The number of nitrogens with zero attached hydrogens (tertiary/aromatic N) is 1. The molecule has 0 spiro atoms. The summed E-state index contributed by atoms with van der Waals surface area (Å²) in [5.74, 6) is -1.12. The van der Waals surface area contributed by atoms with Crippen LogP contribution in [-0.2, 0) is 24.2 Å². The maximum Gasteiger partial charge on any atom is 0.233 e. The van der Waals surface area contributed by atoms with Crippen LogP contribution in [0.25, 0.3) is 0 Å². The lowest BCUT2D eigenvalue weighted by molar-refractivity contribution is -0.140. The van der Waals surface area contributed by atoms with Crippen molar-refractivity contribution in [1.29, 1.82) is 0 Å². The minimum atomic E-state index is -3.36. The number of nitrogens with one attached hydrogen (secondary N) is 1. The van der Waals surface area contributed by atoms with Crippen molar-refractivity contribution in [3.63, 3.8) is 0 Å². The fourth-order valence-electron chi connectivity index (χ4n) is 3.69. The maximum absolute atomic E-state index is 12.4. The first kappa shape index (κ1) is 18.6. The van der Waals surface area contributed by atoms with Gasteiger partial charge in [-0.25, -0.2) is 8.42 Å². The van der Waals surface area contributed by atoms with Gasteiger partial charge in [-0.2, -0.15) is 0 Å². The van der Waals surface area contributed by atoms with Gasteiger partial charge in [0.25, 0.3) is 0 Å². The van der Waals surface area contributed by atoms with Crippen LogP contribution >= 0.6 is 0 Å². The van der Waals surface area contributed by atoms with Crippen molar-refractivity contribution in [1.82, 2.24) is 4.90 Å². The van der Waals surface area contributed by atoms with E-state index < -0.39 is 9.84 Å². The number of hydrogen-bond donors (Lipinski definition) is 1. The lowest BCUT2D eigenvalue weighted by Crippen LogP contribution is -2.34. The number of carbonyl (C=O) groups is 3. The number of benzene rings is 1. The Hall–Kier alpha value is -2.22. The first-order valence-corrected chi connectivity index (χ1v) is 10.6. The Morgan fingerprint density at radius 1 is 1.15 bits per heavy atom. The molecule has 3 rings (SSSR count). The van der Waals surface area contributed by atoms with E-state index in [0.717, 1.165) is 31.9 Å². The highest BCUT2D eigenvalue weighted by Crippen LogP contribution is 2.37. The number of fused-ring (bicyclic) bond motifs is 1. The van der Waals surface area contributed by atoms with Gasteiger partial charge >= 0.3 is 0 Å². The highest BCUT2D eigenvalue weighted by atomic mass is 32.2. The van der Waals surface area contributed by atoms with Gasteiger partial charge < -0.3 is 5.32 Å². The average Bonchev–Trinajstić information content (AvgIpc) is 2.84. The van der Waals surface area contributed by atoms with Crippen molar-refractivity contribution in [3.8, 4) is 0 Å². The molecular formula is C18H22N2O5S. The number of hydrogen-bond acceptors (Lipinski definition) is 5. The van der Waals surface area contributed by atoms with Crippen molar-refractivity contribution >= 4 is 33.2 Å². The van der Waals surface area contributed by atoms with Gasteiger partial charge in [0.2, 0.25) is 17.7 Å². The summed E-state index contributed by atoms with van der Waals surface area (Å²) >= 11 is 0. The SMILES string of the molecule is CS(=O)(=O)c1cccc(NC(=O)CCN2C(=O)[C@@H]3CCCC[C@H]3C2=O)c1. The number of carbonyl (C=O) groups excluding carboxylic acids is 3. The van der Waals surface area contributed by atoms with Gasteiger partial charge in [-0.15, -0.1) is 0 Å². The molecule has 1 aliphatic carbocycles. The molecule has 1 aromatic carbocycles. The lowest BCUT2D eigenvalue weighted by Gasteiger charge is -2.19. The highest BCUT2D eigenvalue weighted by molar-refractivity contribution is 7.90. The van der Waals surface area contributed by atoms with Gasteiger partial charge in [0.1, 0.15) is 0 Å². The summed E-state index contributed by atoms with van der Waals surface area (Å²) in [6, 6.07) is 5.97. The van der Waals surface area contributed by atoms with Crippen LogP contribution in [0.15, 0.2) is 29.2 Å².